The summed E-state index contributed by atoms with van der Waals surface area (Å²) in [7, 11) is 0. The SMILES string of the molecule is CCOC(=O)C(N)CSCC(=O)Nc1ccccc1C#N. The second kappa shape index (κ2) is 9.00. The van der Waals surface area contributed by atoms with Crippen LogP contribution in [0.5, 0.6) is 0 Å². The number of para-hydroxylation sites is 1. The van der Waals surface area contributed by atoms with Crippen LogP contribution in [0.25, 0.3) is 0 Å². The van der Waals surface area contributed by atoms with Crippen LogP contribution in [0.4, 0.5) is 5.69 Å². The fourth-order valence-corrected chi connectivity index (χ4v) is 2.24. The van der Waals surface area contributed by atoms with Crippen LogP contribution in [-0.4, -0.2) is 36.0 Å². The third kappa shape index (κ3) is 5.85. The zero-order chi connectivity index (χ0) is 15.7. The third-order valence-corrected chi connectivity index (χ3v) is 3.50. The van der Waals surface area contributed by atoms with Crippen molar-refractivity contribution in [2.24, 2.45) is 5.73 Å². The largest absolute Gasteiger partial charge is 0.465 e. The van der Waals surface area contributed by atoms with Gasteiger partial charge in [0.25, 0.3) is 0 Å². The summed E-state index contributed by atoms with van der Waals surface area (Å²) in [6.45, 7) is 1.99. The molecule has 0 saturated carbocycles. The van der Waals surface area contributed by atoms with Gasteiger partial charge in [-0.05, 0) is 19.1 Å². The maximum absolute atomic E-state index is 11.8. The molecule has 1 rings (SSSR count). The number of carbonyl (C=O) groups excluding carboxylic acids is 2. The predicted octanol–water partition coefficient (Wildman–Crippen LogP) is 1.12. The minimum atomic E-state index is -0.742. The van der Waals surface area contributed by atoms with Crippen molar-refractivity contribution in [1.82, 2.24) is 0 Å². The lowest BCUT2D eigenvalue weighted by Crippen LogP contribution is -2.35. The van der Waals surface area contributed by atoms with Gasteiger partial charge in [-0.15, -0.1) is 11.8 Å². The maximum Gasteiger partial charge on any atom is 0.323 e. The zero-order valence-corrected chi connectivity index (χ0v) is 12.5. The molecule has 112 valence electrons. The van der Waals surface area contributed by atoms with Crippen LogP contribution in [0.1, 0.15) is 12.5 Å². The van der Waals surface area contributed by atoms with Gasteiger partial charge in [-0.2, -0.15) is 5.26 Å². The lowest BCUT2D eigenvalue weighted by Gasteiger charge is -2.10. The Labute approximate surface area is 127 Å². The smallest absolute Gasteiger partial charge is 0.323 e. The molecule has 0 aliphatic rings. The molecule has 0 bridgehead atoms. The second-order valence-electron chi connectivity index (χ2n) is 4.08. The van der Waals surface area contributed by atoms with Gasteiger partial charge in [-0.25, -0.2) is 0 Å². The highest BCUT2D eigenvalue weighted by molar-refractivity contribution is 8.00. The van der Waals surface area contributed by atoms with Crippen molar-refractivity contribution in [3.8, 4) is 6.07 Å². The van der Waals surface area contributed by atoms with Crippen molar-refractivity contribution in [2.75, 3.05) is 23.4 Å². The van der Waals surface area contributed by atoms with E-state index in [1.165, 1.54) is 11.8 Å². The summed E-state index contributed by atoms with van der Waals surface area (Å²) >= 11 is 1.24. The Bertz CT molecular complexity index is 543. The number of anilines is 1. The number of nitrogens with two attached hydrogens (primary N) is 1. The van der Waals surface area contributed by atoms with Gasteiger partial charge in [0.1, 0.15) is 12.1 Å². The summed E-state index contributed by atoms with van der Waals surface area (Å²) in [5.41, 5.74) is 6.49. The van der Waals surface area contributed by atoms with E-state index in [1.54, 1.807) is 31.2 Å². The van der Waals surface area contributed by atoms with Gasteiger partial charge >= 0.3 is 5.97 Å². The first-order chi connectivity index (χ1) is 10.1. The molecule has 1 atom stereocenters. The van der Waals surface area contributed by atoms with E-state index in [4.69, 9.17) is 15.7 Å². The molecule has 0 aliphatic carbocycles. The Morgan fingerprint density at radius 3 is 2.86 bits per heavy atom. The van der Waals surface area contributed by atoms with Crippen LogP contribution in [0.3, 0.4) is 0 Å². The number of hydrogen-bond acceptors (Lipinski definition) is 6. The molecule has 0 aliphatic heterocycles. The predicted molar refractivity (Wildman–Crippen MR) is 81.7 cm³/mol. The number of rotatable bonds is 7. The fourth-order valence-electron chi connectivity index (χ4n) is 1.47. The van der Waals surface area contributed by atoms with Crippen LogP contribution in [0.2, 0.25) is 0 Å². The number of nitrogens with one attached hydrogen (secondary N) is 1. The van der Waals surface area contributed by atoms with Gasteiger partial charge in [0, 0.05) is 5.75 Å². The van der Waals surface area contributed by atoms with Crippen molar-refractivity contribution in [2.45, 2.75) is 13.0 Å². The molecule has 0 aromatic heterocycles. The van der Waals surface area contributed by atoms with Gasteiger partial charge in [-0.1, -0.05) is 12.1 Å². The van der Waals surface area contributed by atoms with E-state index in [0.29, 0.717) is 17.0 Å². The number of carbonyl (C=O) groups is 2. The van der Waals surface area contributed by atoms with Gasteiger partial charge in [0.15, 0.2) is 0 Å². The number of benzene rings is 1. The Morgan fingerprint density at radius 2 is 2.19 bits per heavy atom. The molecular formula is C14H17N3O3S. The molecule has 21 heavy (non-hydrogen) atoms. The highest BCUT2D eigenvalue weighted by atomic mass is 32.2. The molecule has 1 amide bonds. The highest BCUT2D eigenvalue weighted by Gasteiger charge is 2.15. The first kappa shape index (κ1) is 17.0. The Kier molecular flexibility index (Phi) is 7.29. The van der Waals surface area contributed by atoms with Crippen LogP contribution >= 0.6 is 11.8 Å². The average molecular weight is 307 g/mol. The van der Waals surface area contributed by atoms with E-state index in [1.807, 2.05) is 6.07 Å². The Balaban J connectivity index is 2.38. The Morgan fingerprint density at radius 1 is 1.48 bits per heavy atom. The van der Waals surface area contributed by atoms with E-state index in [-0.39, 0.29) is 18.3 Å². The monoisotopic (exact) mass is 307 g/mol. The van der Waals surface area contributed by atoms with E-state index < -0.39 is 12.0 Å². The lowest BCUT2D eigenvalue weighted by molar-refractivity contribution is -0.144. The molecule has 0 saturated heterocycles. The average Bonchev–Trinajstić information content (AvgIpc) is 2.47. The van der Waals surface area contributed by atoms with E-state index in [2.05, 4.69) is 5.32 Å². The van der Waals surface area contributed by atoms with Crippen LogP contribution in [0, 0.1) is 11.3 Å². The third-order valence-electron chi connectivity index (χ3n) is 2.44. The topological polar surface area (TPSA) is 105 Å². The number of hydrogen-bond donors (Lipinski definition) is 2. The lowest BCUT2D eigenvalue weighted by atomic mass is 10.2. The van der Waals surface area contributed by atoms with Gasteiger partial charge in [0.2, 0.25) is 5.91 Å². The van der Waals surface area contributed by atoms with Crippen molar-refractivity contribution < 1.29 is 14.3 Å². The van der Waals surface area contributed by atoms with Crippen molar-refractivity contribution in [3.05, 3.63) is 29.8 Å². The van der Waals surface area contributed by atoms with E-state index >= 15 is 0 Å². The Hall–Kier alpha value is -2.04. The first-order valence-electron chi connectivity index (χ1n) is 6.37. The molecule has 7 heteroatoms. The van der Waals surface area contributed by atoms with Gasteiger partial charge in [0.05, 0.1) is 23.6 Å². The summed E-state index contributed by atoms with van der Waals surface area (Å²) in [4.78, 5) is 23.1. The molecule has 1 unspecified atom stereocenters. The van der Waals surface area contributed by atoms with Gasteiger partial charge in [-0.3, -0.25) is 9.59 Å². The second-order valence-corrected chi connectivity index (χ2v) is 5.11. The number of ether oxygens (including phenoxy) is 1. The van der Waals surface area contributed by atoms with Crippen molar-refractivity contribution >= 4 is 29.3 Å². The molecule has 6 nitrogen and oxygen atoms in total. The minimum Gasteiger partial charge on any atom is -0.465 e. The maximum atomic E-state index is 11.8. The van der Waals surface area contributed by atoms with E-state index in [9.17, 15) is 9.59 Å². The summed E-state index contributed by atoms with van der Waals surface area (Å²) in [6.07, 6.45) is 0. The molecule has 0 spiro atoms. The molecule has 3 N–H and O–H groups in total. The molecule has 0 radical (unpaired) electrons. The normalized spacial score (nSPS) is 11.3. The van der Waals surface area contributed by atoms with Crippen LogP contribution < -0.4 is 11.1 Å². The number of thioether (sulfide) groups is 1. The summed E-state index contributed by atoms with van der Waals surface area (Å²) in [5.74, 6) is -0.280. The summed E-state index contributed by atoms with van der Waals surface area (Å²) in [5, 5.41) is 11.6. The standard InChI is InChI=1S/C14H17N3O3S/c1-2-20-14(19)11(16)8-21-9-13(18)17-12-6-4-3-5-10(12)7-15/h3-6,11H,2,8-9,16H2,1H3,(H,17,18). The van der Waals surface area contributed by atoms with Gasteiger partial charge < -0.3 is 15.8 Å². The molecule has 1 aromatic rings. The zero-order valence-electron chi connectivity index (χ0n) is 11.7. The summed E-state index contributed by atoms with van der Waals surface area (Å²) in [6, 6.07) is 8.00. The number of esters is 1. The molecule has 0 heterocycles. The molecule has 1 aromatic carbocycles. The fraction of sp³-hybridized carbons (Fsp3) is 0.357. The first-order valence-corrected chi connectivity index (χ1v) is 7.52. The van der Waals surface area contributed by atoms with Crippen molar-refractivity contribution in [1.29, 1.82) is 5.26 Å². The number of amides is 1. The van der Waals surface area contributed by atoms with Crippen LogP contribution in [0.15, 0.2) is 24.3 Å². The summed E-state index contributed by atoms with van der Waals surface area (Å²) < 4.78 is 4.77. The molecular weight excluding hydrogens is 290 g/mol. The molecule has 0 fully saturated rings. The van der Waals surface area contributed by atoms with Crippen molar-refractivity contribution in [3.63, 3.8) is 0 Å². The van der Waals surface area contributed by atoms with E-state index in [0.717, 1.165) is 0 Å². The van der Waals surface area contributed by atoms with Crippen LogP contribution in [-0.2, 0) is 14.3 Å². The number of nitrogens with zero attached hydrogens (tertiary/aromatic N) is 1. The number of nitriles is 1. The minimum absolute atomic E-state index is 0.146. The highest BCUT2D eigenvalue weighted by Crippen LogP contribution is 2.14. The quantitative estimate of drug-likeness (QED) is 0.731.